The van der Waals surface area contributed by atoms with Crippen molar-refractivity contribution in [3.05, 3.63) is 29.6 Å². The minimum atomic E-state index is 0.735. The summed E-state index contributed by atoms with van der Waals surface area (Å²) in [5.74, 6) is 2.06. The molecule has 0 aromatic carbocycles. The van der Waals surface area contributed by atoms with Gasteiger partial charge in [0.25, 0.3) is 0 Å². The summed E-state index contributed by atoms with van der Waals surface area (Å²) in [6.07, 6.45) is 14.1. The summed E-state index contributed by atoms with van der Waals surface area (Å²) in [6.45, 7) is 3.17. The van der Waals surface area contributed by atoms with E-state index in [-0.39, 0.29) is 0 Å². The van der Waals surface area contributed by atoms with Crippen LogP contribution < -0.4 is 5.32 Å². The van der Waals surface area contributed by atoms with Gasteiger partial charge in [0.2, 0.25) is 0 Å². The van der Waals surface area contributed by atoms with E-state index in [4.69, 9.17) is 0 Å². The number of rotatable bonds is 3. The Morgan fingerprint density at radius 2 is 2.00 bits per heavy atom. The first kappa shape index (κ1) is 13.1. The Morgan fingerprint density at radius 3 is 2.84 bits per heavy atom. The summed E-state index contributed by atoms with van der Waals surface area (Å²) < 4.78 is 0. The fraction of sp³-hybridized carbons (Fsp3) is 0.706. The number of hydrogen-bond acceptors (Lipinski definition) is 2. The lowest BCUT2D eigenvalue weighted by Gasteiger charge is -2.39. The predicted molar refractivity (Wildman–Crippen MR) is 78.9 cm³/mol. The van der Waals surface area contributed by atoms with Gasteiger partial charge in [0.1, 0.15) is 0 Å². The lowest BCUT2D eigenvalue weighted by molar-refractivity contribution is 0.143. The third-order valence-corrected chi connectivity index (χ3v) is 5.27. The van der Waals surface area contributed by atoms with Crippen LogP contribution in [0.15, 0.2) is 18.5 Å². The van der Waals surface area contributed by atoms with E-state index in [9.17, 15) is 0 Å². The van der Waals surface area contributed by atoms with Crippen molar-refractivity contribution >= 4 is 0 Å². The van der Waals surface area contributed by atoms with Gasteiger partial charge in [-0.2, -0.15) is 0 Å². The van der Waals surface area contributed by atoms with Gasteiger partial charge in [-0.25, -0.2) is 0 Å². The molecule has 1 aromatic rings. The second-order valence-corrected chi connectivity index (χ2v) is 6.50. The van der Waals surface area contributed by atoms with Crippen molar-refractivity contribution in [3.63, 3.8) is 0 Å². The highest BCUT2D eigenvalue weighted by Gasteiger charge is 2.31. The molecular formula is C17H26N2. The van der Waals surface area contributed by atoms with Crippen LogP contribution >= 0.6 is 0 Å². The number of nitrogens with one attached hydrogen (secondary N) is 1. The molecule has 3 atom stereocenters. The van der Waals surface area contributed by atoms with Gasteiger partial charge < -0.3 is 5.32 Å². The molecule has 2 aliphatic rings. The Morgan fingerprint density at radius 1 is 1.16 bits per heavy atom. The molecule has 0 bridgehead atoms. The molecular weight excluding hydrogens is 232 g/mol. The van der Waals surface area contributed by atoms with Crippen molar-refractivity contribution in [3.8, 4) is 0 Å². The van der Waals surface area contributed by atoms with Crippen molar-refractivity contribution in [2.45, 2.75) is 64.5 Å². The number of hydrogen-bond donors (Lipinski definition) is 1. The van der Waals surface area contributed by atoms with E-state index >= 15 is 0 Å². The molecule has 104 valence electrons. The fourth-order valence-electron chi connectivity index (χ4n) is 3.99. The Balaban J connectivity index is 1.52. The van der Waals surface area contributed by atoms with E-state index in [0.29, 0.717) is 0 Å². The minimum Gasteiger partial charge on any atom is -0.310 e. The SMILES string of the molecule is Cc1ccncc1CNC1CCC2CCCCC2C1. The van der Waals surface area contributed by atoms with Gasteiger partial charge in [-0.1, -0.05) is 25.7 Å². The zero-order valence-corrected chi connectivity index (χ0v) is 12.1. The van der Waals surface area contributed by atoms with Crippen LogP contribution in [-0.4, -0.2) is 11.0 Å². The Hall–Kier alpha value is -0.890. The molecule has 1 N–H and O–H groups in total. The molecule has 0 aliphatic heterocycles. The van der Waals surface area contributed by atoms with Crippen molar-refractivity contribution in [1.82, 2.24) is 10.3 Å². The second-order valence-electron chi connectivity index (χ2n) is 6.50. The monoisotopic (exact) mass is 258 g/mol. The van der Waals surface area contributed by atoms with Gasteiger partial charge >= 0.3 is 0 Å². The zero-order chi connectivity index (χ0) is 13.1. The Labute approximate surface area is 117 Å². The van der Waals surface area contributed by atoms with E-state index in [1.165, 1.54) is 56.1 Å². The first-order valence-corrected chi connectivity index (χ1v) is 7.96. The summed E-state index contributed by atoms with van der Waals surface area (Å²) in [5.41, 5.74) is 2.71. The van der Waals surface area contributed by atoms with Crippen molar-refractivity contribution in [1.29, 1.82) is 0 Å². The van der Waals surface area contributed by atoms with Crippen LogP contribution in [0.25, 0.3) is 0 Å². The summed E-state index contributed by atoms with van der Waals surface area (Å²) in [4.78, 5) is 4.23. The molecule has 3 unspecified atom stereocenters. The lowest BCUT2D eigenvalue weighted by atomic mass is 9.69. The van der Waals surface area contributed by atoms with Crippen LogP contribution in [-0.2, 0) is 6.54 Å². The maximum atomic E-state index is 4.23. The van der Waals surface area contributed by atoms with E-state index in [2.05, 4.69) is 23.3 Å². The normalized spacial score (nSPS) is 30.9. The Bertz CT molecular complexity index is 415. The molecule has 0 spiro atoms. The molecule has 2 fully saturated rings. The number of fused-ring (bicyclic) bond motifs is 1. The van der Waals surface area contributed by atoms with Crippen LogP contribution in [0.1, 0.15) is 56.1 Å². The average Bonchev–Trinajstić information content (AvgIpc) is 2.46. The first-order valence-electron chi connectivity index (χ1n) is 7.96. The smallest absolute Gasteiger partial charge is 0.0315 e. The molecule has 2 nitrogen and oxygen atoms in total. The highest BCUT2D eigenvalue weighted by atomic mass is 14.9. The standard InChI is InChI=1S/C17H26N2/c1-13-8-9-18-11-16(13)12-19-17-7-6-14-4-2-3-5-15(14)10-17/h8-9,11,14-15,17,19H,2-7,10,12H2,1H3. The van der Waals surface area contributed by atoms with Crippen LogP contribution in [0.2, 0.25) is 0 Å². The van der Waals surface area contributed by atoms with Gasteiger partial charge in [0.05, 0.1) is 0 Å². The number of aryl methyl sites for hydroxylation is 1. The first-order chi connectivity index (χ1) is 9.33. The highest BCUT2D eigenvalue weighted by molar-refractivity contribution is 5.21. The van der Waals surface area contributed by atoms with Gasteiger partial charge in [-0.3, -0.25) is 4.98 Å². The Kier molecular flexibility index (Phi) is 4.17. The molecule has 0 saturated heterocycles. The number of pyridine rings is 1. The molecule has 2 aliphatic carbocycles. The molecule has 2 saturated carbocycles. The van der Waals surface area contributed by atoms with Crippen LogP contribution in [0, 0.1) is 18.8 Å². The van der Waals surface area contributed by atoms with E-state index in [0.717, 1.165) is 24.4 Å². The third kappa shape index (κ3) is 3.17. The summed E-state index contributed by atoms with van der Waals surface area (Å²) in [7, 11) is 0. The quantitative estimate of drug-likeness (QED) is 0.891. The molecule has 0 radical (unpaired) electrons. The molecule has 1 aromatic heterocycles. The van der Waals surface area contributed by atoms with Gasteiger partial charge in [-0.05, 0) is 55.2 Å². The van der Waals surface area contributed by atoms with E-state index in [1.807, 2.05) is 12.4 Å². The zero-order valence-electron chi connectivity index (χ0n) is 12.1. The largest absolute Gasteiger partial charge is 0.310 e. The van der Waals surface area contributed by atoms with Crippen LogP contribution in [0.5, 0.6) is 0 Å². The molecule has 19 heavy (non-hydrogen) atoms. The van der Waals surface area contributed by atoms with Gasteiger partial charge in [0.15, 0.2) is 0 Å². The van der Waals surface area contributed by atoms with Gasteiger partial charge in [0, 0.05) is 25.0 Å². The summed E-state index contributed by atoms with van der Waals surface area (Å²) in [6, 6.07) is 2.84. The molecule has 3 rings (SSSR count). The average molecular weight is 258 g/mol. The maximum absolute atomic E-state index is 4.23. The fourth-order valence-corrected chi connectivity index (χ4v) is 3.99. The minimum absolute atomic E-state index is 0.735. The topological polar surface area (TPSA) is 24.9 Å². The third-order valence-electron chi connectivity index (χ3n) is 5.27. The summed E-state index contributed by atoms with van der Waals surface area (Å²) >= 11 is 0. The second kappa shape index (κ2) is 6.04. The highest BCUT2D eigenvalue weighted by Crippen LogP contribution is 2.40. The maximum Gasteiger partial charge on any atom is 0.0315 e. The summed E-state index contributed by atoms with van der Waals surface area (Å²) in [5, 5.41) is 3.77. The van der Waals surface area contributed by atoms with Crippen molar-refractivity contribution in [2.24, 2.45) is 11.8 Å². The number of aromatic nitrogens is 1. The van der Waals surface area contributed by atoms with Gasteiger partial charge in [-0.15, -0.1) is 0 Å². The lowest BCUT2D eigenvalue weighted by Crippen LogP contribution is -2.38. The van der Waals surface area contributed by atoms with Crippen molar-refractivity contribution < 1.29 is 0 Å². The van der Waals surface area contributed by atoms with Crippen molar-refractivity contribution in [2.75, 3.05) is 0 Å². The molecule has 0 amide bonds. The van der Waals surface area contributed by atoms with Crippen LogP contribution in [0.4, 0.5) is 0 Å². The van der Waals surface area contributed by atoms with E-state index in [1.54, 1.807) is 0 Å². The predicted octanol–water partition coefficient (Wildman–Crippen LogP) is 3.84. The molecule has 1 heterocycles. The van der Waals surface area contributed by atoms with E-state index < -0.39 is 0 Å². The van der Waals surface area contributed by atoms with Crippen LogP contribution in [0.3, 0.4) is 0 Å². The number of nitrogens with zero attached hydrogens (tertiary/aromatic N) is 1. The molecule has 2 heteroatoms.